The zero-order chi connectivity index (χ0) is 17.1. The second kappa shape index (κ2) is 7.36. The molecular formula is C20H28N2O3. The number of hydrogen-bond acceptors (Lipinski definition) is 5. The maximum atomic E-state index is 5.57. The van der Waals surface area contributed by atoms with Gasteiger partial charge in [0.15, 0.2) is 0 Å². The molecule has 0 radical (unpaired) electrons. The molecule has 0 aromatic carbocycles. The van der Waals surface area contributed by atoms with Crippen LogP contribution >= 0.6 is 0 Å². The summed E-state index contributed by atoms with van der Waals surface area (Å²) in [5.41, 5.74) is 0.377. The highest BCUT2D eigenvalue weighted by Crippen LogP contribution is 2.45. The van der Waals surface area contributed by atoms with Crippen LogP contribution in [-0.2, 0) is 17.8 Å². The van der Waals surface area contributed by atoms with E-state index in [1.165, 1.54) is 12.8 Å². The van der Waals surface area contributed by atoms with Crippen LogP contribution in [-0.4, -0.2) is 49.7 Å². The van der Waals surface area contributed by atoms with Crippen LogP contribution in [0.1, 0.15) is 24.4 Å². The van der Waals surface area contributed by atoms with Gasteiger partial charge < -0.3 is 13.6 Å². The largest absolute Gasteiger partial charge is 0.468 e. The van der Waals surface area contributed by atoms with E-state index in [2.05, 4.69) is 21.9 Å². The van der Waals surface area contributed by atoms with Crippen molar-refractivity contribution in [2.75, 3.05) is 39.9 Å². The van der Waals surface area contributed by atoms with Crippen molar-refractivity contribution in [2.24, 2.45) is 11.3 Å². The average molecular weight is 344 g/mol. The molecule has 2 aliphatic rings. The number of hydrogen-bond donors (Lipinski definition) is 0. The first-order valence-electron chi connectivity index (χ1n) is 9.26. The lowest BCUT2D eigenvalue weighted by molar-refractivity contribution is 0.0331. The van der Waals surface area contributed by atoms with E-state index >= 15 is 0 Å². The molecule has 0 aliphatic carbocycles. The van der Waals surface area contributed by atoms with E-state index in [1.54, 1.807) is 12.5 Å². The van der Waals surface area contributed by atoms with Crippen molar-refractivity contribution in [3.63, 3.8) is 0 Å². The number of methoxy groups -OCH3 is 1. The highest BCUT2D eigenvalue weighted by atomic mass is 16.5. The van der Waals surface area contributed by atoms with Crippen LogP contribution in [0.25, 0.3) is 0 Å². The summed E-state index contributed by atoms with van der Waals surface area (Å²) in [6.07, 6.45) is 5.99. The minimum atomic E-state index is 0.377. The Hall–Kier alpha value is -1.56. The van der Waals surface area contributed by atoms with E-state index in [1.807, 2.05) is 19.2 Å². The molecule has 4 heterocycles. The Morgan fingerprint density at radius 3 is 2.24 bits per heavy atom. The molecule has 2 aromatic rings. The lowest BCUT2D eigenvalue weighted by atomic mass is 9.71. The average Bonchev–Trinajstić information content (AvgIpc) is 3.34. The number of ether oxygens (including phenoxy) is 1. The van der Waals surface area contributed by atoms with Gasteiger partial charge in [0.05, 0.1) is 32.2 Å². The van der Waals surface area contributed by atoms with Crippen molar-refractivity contribution >= 4 is 0 Å². The fourth-order valence-electron chi connectivity index (χ4n) is 4.66. The van der Waals surface area contributed by atoms with E-state index < -0.39 is 0 Å². The molecule has 0 N–H and O–H groups in total. The predicted octanol–water partition coefficient (Wildman–Crippen LogP) is 3.23. The van der Waals surface area contributed by atoms with Crippen LogP contribution in [0.4, 0.5) is 0 Å². The predicted molar refractivity (Wildman–Crippen MR) is 95.0 cm³/mol. The smallest absolute Gasteiger partial charge is 0.117 e. The van der Waals surface area contributed by atoms with E-state index in [0.717, 1.165) is 57.4 Å². The first-order valence-corrected chi connectivity index (χ1v) is 9.26. The van der Waals surface area contributed by atoms with Gasteiger partial charge in [-0.05, 0) is 55.6 Å². The minimum absolute atomic E-state index is 0.377. The van der Waals surface area contributed by atoms with Crippen molar-refractivity contribution < 1.29 is 13.6 Å². The van der Waals surface area contributed by atoms with Gasteiger partial charge in [-0.15, -0.1) is 0 Å². The van der Waals surface area contributed by atoms with E-state index in [-0.39, 0.29) is 0 Å². The lowest BCUT2D eigenvalue weighted by Crippen LogP contribution is -2.44. The van der Waals surface area contributed by atoms with Gasteiger partial charge in [-0.2, -0.15) is 0 Å². The molecule has 2 aliphatic heterocycles. The Morgan fingerprint density at radius 2 is 1.68 bits per heavy atom. The summed E-state index contributed by atoms with van der Waals surface area (Å²) in [7, 11) is 1.83. The quantitative estimate of drug-likeness (QED) is 0.805. The van der Waals surface area contributed by atoms with Crippen LogP contribution < -0.4 is 0 Å². The van der Waals surface area contributed by atoms with Gasteiger partial charge in [0, 0.05) is 26.1 Å². The molecule has 25 heavy (non-hydrogen) atoms. The van der Waals surface area contributed by atoms with Gasteiger partial charge >= 0.3 is 0 Å². The Bertz CT molecular complexity index is 630. The van der Waals surface area contributed by atoms with Crippen molar-refractivity contribution in [1.82, 2.24) is 9.80 Å². The van der Waals surface area contributed by atoms with Crippen LogP contribution in [0.15, 0.2) is 45.6 Å². The highest BCUT2D eigenvalue weighted by Gasteiger charge is 2.47. The number of likely N-dealkylation sites (tertiary alicyclic amines) is 2. The maximum Gasteiger partial charge on any atom is 0.117 e. The second-order valence-corrected chi connectivity index (χ2v) is 7.62. The van der Waals surface area contributed by atoms with E-state index in [0.29, 0.717) is 11.3 Å². The number of rotatable bonds is 6. The molecule has 1 atom stereocenters. The topological polar surface area (TPSA) is 42.0 Å². The third-order valence-corrected chi connectivity index (χ3v) is 6.02. The van der Waals surface area contributed by atoms with E-state index in [9.17, 15) is 0 Å². The summed E-state index contributed by atoms with van der Waals surface area (Å²) in [4.78, 5) is 5.06. The van der Waals surface area contributed by atoms with Crippen molar-refractivity contribution in [1.29, 1.82) is 0 Å². The van der Waals surface area contributed by atoms with Crippen LogP contribution in [0.3, 0.4) is 0 Å². The summed E-state index contributed by atoms with van der Waals surface area (Å²) in [5.74, 6) is 2.73. The zero-order valence-electron chi connectivity index (χ0n) is 15.0. The summed E-state index contributed by atoms with van der Waals surface area (Å²) in [6, 6.07) is 8.08. The van der Waals surface area contributed by atoms with Crippen LogP contribution in [0.5, 0.6) is 0 Å². The summed E-state index contributed by atoms with van der Waals surface area (Å²) < 4.78 is 16.6. The molecule has 2 saturated heterocycles. The van der Waals surface area contributed by atoms with E-state index in [4.69, 9.17) is 13.6 Å². The molecule has 2 aromatic heterocycles. The summed E-state index contributed by atoms with van der Waals surface area (Å²) in [5, 5.41) is 0. The molecule has 5 heteroatoms. The van der Waals surface area contributed by atoms with Gasteiger partial charge in [0.1, 0.15) is 11.5 Å². The number of piperidine rings is 1. The first kappa shape index (κ1) is 16.9. The zero-order valence-corrected chi connectivity index (χ0v) is 15.0. The maximum absolute atomic E-state index is 5.57. The van der Waals surface area contributed by atoms with Gasteiger partial charge in [-0.3, -0.25) is 9.80 Å². The molecule has 0 unspecified atom stereocenters. The molecule has 2 fully saturated rings. The molecular weight excluding hydrogens is 316 g/mol. The molecule has 0 bridgehead atoms. The Labute approximate surface area is 149 Å². The summed E-state index contributed by atoms with van der Waals surface area (Å²) >= 11 is 0. The van der Waals surface area contributed by atoms with Crippen LogP contribution in [0.2, 0.25) is 0 Å². The standard InChI is InChI=1S/C20H28N2O3/c1-23-15-17-12-22(14-19-5-3-11-25-19)16-20(17)6-8-21(9-7-20)13-18-4-2-10-24-18/h2-5,10-11,17H,6-9,12-16H2,1H3/t17-/m1/s1. The first-order chi connectivity index (χ1) is 12.3. The SMILES string of the molecule is COC[C@H]1CN(Cc2ccco2)CC12CCN(Cc1ccco1)CC2. The number of nitrogens with zero attached hydrogens (tertiary/aromatic N) is 2. The fraction of sp³-hybridized carbons (Fsp3) is 0.600. The Morgan fingerprint density at radius 1 is 1.04 bits per heavy atom. The van der Waals surface area contributed by atoms with Gasteiger partial charge in [0.2, 0.25) is 0 Å². The minimum Gasteiger partial charge on any atom is -0.468 e. The highest BCUT2D eigenvalue weighted by molar-refractivity contribution is 5.04. The second-order valence-electron chi connectivity index (χ2n) is 7.62. The number of furan rings is 2. The Kier molecular flexibility index (Phi) is 4.97. The van der Waals surface area contributed by atoms with Gasteiger partial charge in [-0.1, -0.05) is 0 Å². The molecule has 0 amide bonds. The molecule has 136 valence electrons. The third-order valence-electron chi connectivity index (χ3n) is 6.02. The Balaban J connectivity index is 1.38. The monoisotopic (exact) mass is 344 g/mol. The molecule has 0 saturated carbocycles. The molecule has 5 nitrogen and oxygen atoms in total. The van der Waals surface area contributed by atoms with Crippen molar-refractivity contribution in [2.45, 2.75) is 25.9 Å². The van der Waals surface area contributed by atoms with Crippen molar-refractivity contribution in [3.05, 3.63) is 48.3 Å². The lowest BCUT2D eigenvalue weighted by Gasteiger charge is -2.42. The van der Waals surface area contributed by atoms with Crippen molar-refractivity contribution in [3.8, 4) is 0 Å². The van der Waals surface area contributed by atoms with Gasteiger partial charge in [0.25, 0.3) is 0 Å². The molecule has 1 spiro atoms. The van der Waals surface area contributed by atoms with Gasteiger partial charge in [-0.25, -0.2) is 0 Å². The summed E-state index contributed by atoms with van der Waals surface area (Å²) in [6.45, 7) is 7.21. The normalized spacial score (nSPS) is 24.3. The van der Waals surface area contributed by atoms with Crippen LogP contribution in [0, 0.1) is 11.3 Å². The molecule has 4 rings (SSSR count). The third kappa shape index (κ3) is 3.68. The fourth-order valence-corrected chi connectivity index (χ4v) is 4.66.